The van der Waals surface area contributed by atoms with Crippen LogP contribution in [0.25, 0.3) is 10.9 Å². The van der Waals surface area contributed by atoms with Gasteiger partial charge in [0.25, 0.3) is 0 Å². The van der Waals surface area contributed by atoms with Crippen molar-refractivity contribution in [2.75, 3.05) is 18.5 Å². The number of carboxylic acids is 1. The van der Waals surface area contributed by atoms with Crippen molar-refractivity contribution in [3.8, 4) is 0 Å². The Kier molecular flexibility index (Phi) is 4.00. The lowest BCUT2D eigenvalue weighted by atomic mass is 10.1. The number of aromatic nitrogens is 1. The monoisotopic (exact) mass is 258 g/mol. The molecular weight excluding hydrogens is 240 g/mol. The molecule has 0 fully saturated rings. The first-order valence-corrected chi connectivity index (χ1v) is 6.42. The number of aliphatic carboxylic acids is 1. The molecule has 0 spiro atoms. The molecule has 19 heavy (non-hydrogen) atoms. The predicted octanol–water partition coefficient (Wildman–Crippen LogP) is 2.71. The fraction of sp³-hybridized carbons (Fsp3) is 0.333. The van der Waals surface area contributed by atoms with E-state index in [0.717, 1.165) is 23.0 Å². The van der Waals surface area contributed by atoms with E-state index in [0.29, 0.717) is 6.54 Å². The van der Waals surface area contributed by atoms with E-state index in [1.165, 1.54) is 5.56 Å². The van der Waals surface area contributed by atoms with Crippen LogP contribution < -0.4 is 4.90 Å². The number of fused-ring (bicyclic) bond motifs is 1. The maximum atomic E-state index is 10.7. The van der Waals surface area contributed by atoms with Crippen LogP contribution in [0.15, 0.2) is 30.5 Å². The molecule has 0 amide bonds. The molecule has 4 nitrogen and oxygen atoms in total. The van der Waals surface area contributed by atoms with Crippen LogP contribution in [0, 0.1) is 0 Å². The average molecular weight is 258 g/mol. The third kappa shape index (κ3) is 3.02. The number of hydrogen-bond donors (Lipinski definition) is 1. The highest BCUT2D eigenvalue weighted by atomic mass is 16.4. The van der Waals surface area contributed by atoms with Crippen LogP contribution in [0.4, 0.5) is 5.69 Å². The normalized spacial score (nSPS) is 10.6. The van der Waals surface area contributed by atoms with E-state index in [-0.39, 0.29) is 6.42 Å². The standard InChI is InChI=1S/C15H18N2O2/c1-3-11-4-5-13-12(10-11)14(6-8-16-13)17(2)9-7-15(18)19/h4-6,8,10H,3,7,9H2,1-2H3,(H,18,19). The Bertz CT molecular complexity index is 596. The van der Waals surface area contributed by atoms with Crippen LogP contribution in [-0.4, -0.2) is 29.7 Å². The van der Waals surface area contributed by atoms with Gasteiger partial charge in [0.1, 0.15) is 0 Å². The summed E-state index contributed by atoms with van der Waals surface area (Å²) in [6.45, 7) is 2.61. The van der Waals surface area contributed by atoms with Crippen molar-refractivity contribution in [2.24, 2.45) is 0 Å². The molecule has 2 aromatic rings. The van der Waals surface area contributed by atoms with Gasteiger partial charge in [0.15, 0.2) is 0 Å². The van der Waals surface area contributed by atoms with Gasteiger partial charge in [0.05, 0.1) is 11.9 Å². The molecule has 0 atom stereocenters. The highest BCUT2D eigenvalue weighted by Crippen LogP contribution is 2.25. The molecule has 0 unspecified atom stereocenters. The lowest BCUT2D eigenvalue weighted by Gasteiger charge is -2.20. The van der Waals surface area contributed by atoms with Crippen molar-refractivity contribution in [1.82, 2.24) is 4.98 Å². The van der Waals surface area contributed by atoms with Gasteiger partial charge in [0.2, 0.25) is 0 Å². The van der Waals surface area contributed by atoms with Gasteiger partial charge >= 0.3 is 5.97 Å². The molecular formula is C15H18N2O2. The maximum absolute atomic E-state index is 10.7. The number of carbonyl (C=O) groups is 1. The van der Waals surface area contributed by atoms with Crippen molar-refractivity contribution >= 4 is 22.6 Å². The Morgan fingerprint density at radius 1 is 1.37 bits per heavy atom. The second-order valence-corrected chi connectivity index (χ2v) is 4.60. The number of anilines is 1. The summed E-state index contributed by atoms with van der Waals surface area (Å²) >= 11 is 0. The number of aryl methyl sites for hydroxylation is 1. The number of rotatable bonds is 5. The summed E-state index contributed by atoms with van der Waals surface area (Å²) in [6.07, 6.45) is 2.87. The van der Waals surface area contributed by atoms with Crippen molar-refractivity contribution in [3.05, 3.63) is 36.0 Å². The van der Waals surface area contributed by atoms with Crippen LogP contribution in [0.3, 0.4) is 0 Å². The van der Waals surface area contributed by atoms with E-state index in [4.69, 9.17) is 5.11 Å². The van der Waals surface area contributed by atoms with E-state index in [1.54, 1.807) is 6.20 Å². The maximum Gasteiger partial charge on any atom is 0.305 e. The van der Waals surface area contributed by atoms with E-state index >= 15 is 0 Å². The number of hydrogen-bond acceptors (Lipinski definition) is 3. The SMILES string of the molecule is CCc1ccc2nccc(N(C)CCC(=O)O)c2c1. The van der Waals surface area contributed by atoms with Gasteiger partial charge in [-0.3, -0.25) is 9.78 Å². The minimum atomic E-state index is -0.778. The van der Waals surface area contributed by atoms with Crippen LogP contribution >= 0.6 is 0 Å². The Morgan fingerprint density at radius 3 is 2.84 bits per heavy atom. The second-order valence-electron chi connectivity index (χ2n) is 4.60. The molecule has 0 aliphatic rings. The molecule has 2 rings (SSSR count). The van der Waals surface area contributed by atoms with Crippen molar-refractivity contribution in [3.63, 3.8) is 0 Å². The van der Waals surface area contributed by atoms with E-state index < -0.39 is 5.97 Å². The highest BCUT2D eigenvalue weighted by molar-refractivity contribution is 5.92. The molecule has 100 valence electrons. The number of carboxylic acid groups (broad SMARTS) is 1. The zero-order valence-electron chi connectivity index (χ0n) is 11.3. The predicted molar refractivity (Wildman–Crippen MR) is 76.6 cm³/mol. The largest absolute Gasteiger partial charge is 0.481 e. The van der Waals surface area contributed by atoms with Crippen LogP contribution in [0.2, 0.25) is 0 Å². The molecule has 1 N–H and O–H groups in total. The summed E-state index contributed by atoms with van der Waals surface area (Å²) in [5, 5.41) is 9.84. The minimum Gasteiger partial charge on any atom is -0.481 e. The summed E-state index contributed by atoms with van der Waals surface area (Å²) in [6, 6.07) is 8.16. The van der Waals surface area contributed by atoms with Crippen LogP contribution in [0.5, 0.6) is 0 Å². The molecule has 0 saturated carbocycles. The topological polar surface area (TPSA) is 53.4 Å². The summed E-state index contributed by atoms with van der Waals surface area (Å²) < 4.78 is 0. The van der Waals surface area contributed by atoms with Gasteiger partial charge in [-0.2, -0.15) is 0 Å². The van der Waals surface area contributed by atoms with Gasteiger partial charge in [0, 0.05) is 30.9 Å². The lowest BCUT2D eigenvalue weighted by molar-refractivity contribution is -0.136. The molecule has 0 bridgehead atoms. The Hall–Kier alpha value is -2.10. The second kappa shape index (κ2) is 5.69. The Balaban J connectivity index is 2.38. The summed E-state index contributed by atoms with van der Waals surface area (Å²) in [5.41, 5.74) is 3.23. The third-order valence-electron chi connectivity index (χ3n) is 3.26. The summed E-state index contributed by atoms with van der Waals surface area (Å²) in [7, 11) is 1.91. The summed E-state index contributed by atoms with van der Waals surface area (Å²) in [5.74, 6) is -0.778. The Labute approximate surface area is 112 Å². The molecule has 4 heteroatoms. The van der Waals surface area contributed by atoms with Gasteiger partial charge in [-0.1, -0.05) is 13.0 Å². The molecule has 1 aromatic carbocycles. The lowest BCUT2D eigenvalue weighted by Crippen LogP contribution is -2.21. The molecule has 0 aliphatic heterocycles. The van der Waals surface area contributed by atoms with Crippen LogP contribution in [0.1, 0.15) is 18.9 Å². The van der Waals surface area contributed by atoms with Crippen molar-refractivity contribution in [2.45, 2.75) is 19.8 Å². The molecule has 1 aromatic heterocycles. The van der Waals surface area contributed by atoms with Crippen LogP contribution in [-0.2, 0) is 11.2 Å². The zero-order chi connectivity index (χ0) is 13.8. The van der Waals surface area contributed by atoms with Gasteiger partial charge < -0.3 is 10.0 Å². The molecule has 0 aliphatic carbocycles. The fourth-order valence-electron chi connectivity index (χ4n) is 2.12. The number of nitrogens with zero attached hydrogens (tertiary/aromatic N) is 2. The van der Waals surface area contributed by atoms with Gasteiger partial charge in [-0.25, -0.2) is 0 Å². The minimum absolute atomic E-state index is 0.133. The molecule has 0 saturated heterocycles. The highest BCUT2D eigenvalue weighted by Gasteiger charge is 2.08. The van der Waals surface area contributed by atoms with Gasteiger partial charge in [-0.05, 0) is 30.2 Å². The first kappa shape index (κ1) is 13.3. The van der Waals surface area contributed by atoms with Crippen molar-refractivity contribution < 1.29 is 9.90 Å². The summed E-state index contributed by atoms with van der Waals surface area (Å²) in [4.78, 5) is 17.0. The molecule has 1 heterocycles. The average Bonchev–Trinajstić information content (AvgIpc) is 2.43. The van der Waals surface area contributed by atoms with E-state index in [2.05, 4.69) is 24.0 Å². The first-order chi connectivity index (χ1) is 9.11. The third-order valence-corrected chi connectivity index (χ3v) is 3.26. The Morgan fingerprint density at radius 2 is 2.16 bits per heavy atom. The van der Waals surface area contributed by atoms with Crippen molar-refractivity contribution in [1.29, 1.82) is 0 Å². The number of benzene rings is 1. The zero-order valence-corrected chi connectivity index (χ0v) is 11.3. The first-order valence-electron chi connectivity index (χ1n) is 6.42. The molecule has 0 radical (unpaired) electrons. The number of pyridine rings is 1. The fourth-order valence-corrected chi connectivity index (χ4v) is 2.12. The smallest absolute Gasteiger partial charge is 0.305 e. The quantitative estimate of drug-likeness (QED) is 0.896. The van der Waals surface area contributed by atoms with Gasteiger partial charge in [-0.15, -0.1) is 0 Å². The van der Waals surface area contributed by atoms with E-state index in [9.17, 15) is 4.79 Å². The van der Waals surface area contributed by atoms with E-state index in [1.807, 2.05) is 24.1 Å².